The molecule has 0 spiro atoms. The van der Waals surface area contributed by atoms with Gasteiger partial charge in [0.25, 0.3) is 0 Å². The topological polar surface area (TPSA) is 37.8 Å². The summed E-state index contributed by atoms with van der Waals surface area (Å²) in [6.07, 6.45) is 3.93. The molecule has 15 heavy (non-hydrogen) atoms. The molecule has 1 atom stereocenters. The van der Waals surface area contributed by atoms with Crippen LogP contribution >= 0.6 is 11.3 Å². The molecule has 1 aromatic rings. The normalized spacial score (nSPS) is 18.0. The highest BCUT2D eigenvalue weighted by atomic mass is 32.1. The molecule has 1 heterocycles. The highest BCUT2D eigenvalue weighted by Gasteiger charge is 2.31. The van der Waals surface area contributed by atoms with Crippen LogP contribution in [-0.2, 0) is 6.54 Å². The maximum atomic E-state index is 4.28. The number of hydrogen-bond donors (Lipinski definition) is 1. The fraction of sp³-hybridized carbons (Fsp3) is 0.818. The van der Waals surface area contributed by atoms with Gasteiger partial charge in [-0.15, -0.1) is 10.2 Å². The smallest absolute Gasteiger partial charge is 0.131 e. The van der Waals surface area contributed by atoms with Gasteiger partial charge in [0.1, 0.15) is 10.0 Å². The largest absolute Gasteiger partial charge is 0.310 e. The lowest BCUT2D eigenvalue weighted by atomic mass is 10.1. The Kier molecular flexibility index (Phi) is 3.70. The van der Waals surface area contributed by atoms with Crippen molar-refractivity contribution in [3.8, 4) is 0 Å². The second-order valence-electron chi connectivity index (χ2n) is 4.34. The minimum atomic E-state index is 0.627. The SMILES string of the molecule is CCCNCc1nnc(C(C)C2CC2)s1. The van der Waals surface area contributed by atoms with E-state index >= 15 is 0 Å². The van der Waals surface area contributed by atoms with E-state index in [9.17, 15) is 0 Å². The van der Waals surface area contributed by atoms with E-state index in [0.717, 1.165) is 24.0 Å². The Hall–Kier alpha value is -0.480. The molecule has 0 saturated heterocycles. The second kappa shape index (κ2) is 5.03. The van der Waals surface area contributed by atoms with Gasteiger partial charge in [0.05, 0.1) is 0 Å². The molecule has 0 aromatic carbocycles. The Labute approximate surface area is 95.3 Å². The van der Waals surface area contributed by atoms with Crippen molar-refractivity contribution < 1.29 is 0 Å². The first-order chi connectivity index (χ1) is 7.31. The van der Waals surface area contributed by atoms with Crippen LogP contribution in [0.25, 0.3) is 0 Å². The minimum Gasteiger partial charge on any atom is -0.310 e. The molecule has 0 bridgehead atoms. The number of rotatable bonds is 6. The van der Waals surface area contributed by atoms with Crippen molar-refractivity contribution >= 4 is 11.3 Å². The summed E-state index contributed by atoms with van der Waals surface area (Å²) in [6, 6.07) is 0. The van der Waals surface area contributed by atoms with E-state index in [1.165, 1.54) is 24.3 Å². The predicted octanol–water partition coefficient (Wildman–Crippen LogP) is 2.55. The van der Waals surface area contributed by atoms with Crippen molar-refractivity contribution in [1.29, 1.82) is 0 Å². The van der Waals surface area contributed by atoms with E-state index in [4.69, 9.17) is 0 Å². The number of hydrogen-bond acceptors (Lipinski definition) is 4. The van der Waals surface area contributed by atoms with E-state index in [-0.39, 0.29) is 0 Å². The molecule has 4 heteroatoms. The molecular weight excluding hydrogens is 206 g/mol. The van der Waals surface area contributed by atoms with Gasteiger partial charge in [-0.25, -0.2) is 0 Å². The van der Waals surface area contributed by atoms with Crippen molar-refractivity contribution in [2.24, 2.45) is 5.92 Å². The van der Waals surface area contributed by atoms with Gasteiger partial charge in [0, 0.05) is 12.5 Å². The summed E-state index contributed by atoms with van der Waals surface area (Å²) in [4.78, 5) is 0. The molecule has 3 nitrogen and oxygen atoms in total. The van der Waals surface area contributed by atoms with E-state index in [2.05, 4.69) is 29.4 Å². The molecule has 1 aromatic heterocycles. The third kappa shape index (κ3) is 2.98. The van der Waals surface area contributed by atoms with Crippen LogP contribution in [0, 0.1) is 5.92 Å². The van der Waals surface area contributed by atoms with Crippen LogP contribution in [0.4, 0.5) is 0 Å². The molecule has 0 amide bonds. The maximum Gasteiger partial charge on any atom is 0.131 e. The molecule has 0 radical (unpaired) electrons. The van der Waals surface area contributed by atoms with Crippen molar-refractivity contribution in [3.63, 3.8) is 0 Å². The molecule has 1 fully saturated rings. The molecule has 1 saturated carbocycles. The Morgan fingerprint density at radius 1 is 1.47 bits per heavy atom. The Morgan fingerprint density at radius 2 is 2.27 bits per heavy atom. The molecule has 1 aliphatic carbocycles. The summed E-state index contributed by atoms with van der Waals surface area (Å²) in [6.45, 7) is 6.39. The van der Waals surface area contributed by atoms with Crippen LogP contribution < -0.4 is 5.32 Å². The molecule has 1 N–H and O–H groups in total. The quantitative estimate of drug-likeness (QED) is 0.756. The van der Waals surface area contributed by atoms with Gasteiger partial charge < -0.3 is 5.32 Å². The standard InChI is InChI=1S/C11H19N3S/c1-3-6-12-7-10-13-14-11(15-10)8(2)9-4-5-9/h8-9,12H,3-7H2,1-2H3. The zero-order valence-electron chi connectivity index (χ0n) is 9.49. The second-order valence-corrected chi connectivity index (χ2v) is 5.43. The first kappa shape index (κ1) is 11.0. The van der Waals surface area contributed by atoms with Gasteiger partial charge in [0.2, 0.25) is 0 Å². The summed E-state index contributed by atoms with van der Waals surface area (Å²) in [5, 5.41) is 14.2. The fourth-order valence-corrected chi connectivity index (χ4v) is 2.65. The van der Waals surface area contributed by atoms with Crippen LogP contribution in [-0.4, -0.2) is 16.7 Å². The van der Waals surface area contributed by atoms with Crippen LogP contribution in [0.3, 0.4) is 0 Å². The third-order valence-corrected chi connectivity index (χ3v) is 4.03. The Balaban J connectivity index is 1.85. The lowest BCUT2D eigenvalue weighted by Gasteiger charge is -2.02. The van der Waals surface area contributed by atoms with Crippen LogP contribution in [0.5, 0.6) is 0 Å². The van der Waals surface area contributed by atoms with Crippen molar-refractivity contribution in [2.45, 2.75) is 45.6 Å². The van der Waals surface area contributed by atoms with Gasteiger partial charge in [-0.1, -0.05) is 25.2 Å². The number of nitrogens with one attached hydrogen (secondary N) is 1. The van der Waals surface area contributed by atoms with Gasteiger partial charge in [-0.2, -0.15) is 0 Å². The summed E-state index contributed by atoms with van der Waals surface area (Å²) >= 11 is 1.78. The molecule has 2 rings (SSSR count). The van der Waals surface area contributed by atoms with Gasteiger partial charge in [-0.3, -0.25) is 0 Å². The zero-order chi connectivity index (χ0) is 10.7. The lowest BCUT2D eigenvalue weighted by Crippen LogP contribution is -2.13. The molecule has 0 aliphatic heterocycles. The van der Waals surface area contributed by atoms with Gasteiger partial charge in [-0.05, 0) is 31.7 Å². The van der Waals surface area contributed by atoms with Crippen molar-refractivity contribution in [1.82, 2.24) is 15.5 Å². The van der Waals surface area contributed by atoms with Crippen molar-refractivity contribution in [3.05, 3.63) is 10.0 Å². The van der Waals surface area contributed by atoms with Gasteiger partial charge >= 0.3 is 0 Å². The highest BCUT2D eigenvalue weighted by molar-refractivity contribution is 7.11. The monoisotopic (exact) mass is 225 g/mol. The van der Waals surface area contributed by atoms with E-state index in [1.807, 2.05) is 0 Å². The van der Waals surface area contributed by atoms with Crippen LogP contribution in [0.2, 0.25) is 0 Å². The zero-order valence-corrected chi connectivity index (χ0v) is 10.3. The summed E-state index contributed by atoms with van der Waals surface area (Å²) in [5.41, 5.74) is 0. The predicted molar refractivity (Wildman–Crippen MR) is 63.0 cm³/mol. The summed E-state index contributed by atoms with van der Waals surface area (Å²) in [7, 11) is 0. The summed E-state index contributed by atoms with van der Waals surface area (Å²) in [5.74, 6) is 1.51. The Morgan fingerprint density at radius 3 is 2.93 bits per heavy atom. The van der Waals surface area contributed by atoms with E-state index < -0.39 is 0 Å². The van der Waals surface area contributed by atoms with Crippen LogP contribution in [0.15, 0.2) is 0 Å². The molecule has 1 unspecified atom stereocenters. The maximum absolute atomic E-state index is 4.28. The Bertz CT molecular complexity index is 307. The molecule has 84 valence electrons. The average molecular weight is 225 g/mol. The first-order valence-electron chi connectivity index (χ1n) is 5.84. The minimum absolute atomic E-state index is 0.627. The van der Waals surface area contributed by atoms with Crippen molar-refractivity contribution in [2.75, 3.05) is 6.54 Å². The summed E-state index contributed by atoms with van der Waals surface area (Å²) < 4.78 is 0. The highest BCUT2D eigenvalue weighted by Crippen LogP contribution is 2.42. The third-order valence-electron chi connectivity index (χ3n) is 2.90. The number of aromatic nitrogens is 2. The number of nitrogens with zero attached hydrogens (tertiary/aromatic N) is 2. The molecular formula is C11H19N3S. The average Bonchev–Trinajstić information content (AvgIpc) is 2.98. The van der Waals surface area contributed by atoms with E-state index in [0.29, 0.717) is 5.92 Å². The van der Waals surface area contributed by atoms with Crippen LogP contribution in [0.1, 0.15) is 49.0 Å². The first-order valence-corrected chi connectivity index (χ1v) is 6.66. The molecule has 1 aliphatic rings. The van der Waals surface area contributed by atoms with E-state index in [1.54, 1.807) is 11.3 Å². The lowest BCUT2D eigenvalue weighted by molar-refractivity contribution is 0.645. The van der Waals surface area contributed by atoms with Gasteiger partial charge in [0.15, 0.2) is 0 Å². The fourth-order valence-electron chi connectivity index (χ4n) is 1.69.